The third kappa shape index (κ3) is 4.77. The molecule has 3 heterocycles. The van der Waals surface area contributed by atoms with E-state index in [1.54, 1.807) is 6.20 Å². The Morgan fingerprint density at radius 3 is 3.04 bits per heavy atom. The molecule has 7 nitrogen and oxygen atoms in total. The van der Waals surface area contributed by atoms with Gasteiger partial charge in [0.25, 0.3) is 0 Å². The minimum atomic E-state index is -0.324. The Morgan fingerprint density at radius 2 is 2.30 bits per heavy atom. The van der Waals surface area contributed by atoms with Gasteiger partial charge in [0.1, 0.15) is 11.9 Å². The minimum absolute atomic E-state index is 0. The molecule has 1 saturated heterocycles. The maximum absolute atomic E-state index is 12.1. The number of ether oxygens (including phenoxy) is 1. The van der Waals surface area contributed by atoms with Crippen LogP contribution in [0.1, 0.15) is 12.7 Å². The Morgan fingerprint density at radius 1 is 1.52 bits per heavy atom. The summed E-state index contributed by atoms with van der Waals surface area (Å²) >= 11 is 3.36. The zero-order valence-corrected chi connectivity index (χ0v) is 15.6. The van der Waals surface area contributed by atoms with Crippen molar-refractivity contribution in [3.63, 3.8) is 0 Å². The van der Waals surface area contributed by atoms with Crippen molar-refractivity contribution in [3.05, 3.63) is 22.6 Å². The average molecular weight is 427 g/mol. The van der Waals surface area contributed by atoms with Crippen LogP contribution in [0.25, 0.3) is 11.2 Å². The lowest BCUT2D eigenvalue weighted by atomic mass is 10.1. The van der Waals surface area contributed by atoms with Crippen LogP contribution in [-0.2, 0) is 16.1 Å². The molecular formula is C13H18BrCl2N5O2. The SMILES string of the molecule is C[C@H]1OCCN[C@@H]1C(=O)NCc1nc2ncc(Br)cc2[nH]1.Cl.Cl. The quantitative estimate of drug-likeness (QED) is 0.692. The van der Waals surface area contributed by atoms with E-state index in [1.807, 2.05) is 13.0 Å². The second-order valence-electron chi connectivity index (χ2n) is 4.93. The van der Waals surface area contributed by atoms with Gasteiger partial charge < -0.3 is 20.4 Å². The number of hydrogen-bond acceptors (Lipinski definition) is 5. The van der Waals surface area contributed by atoms with E-state index in [4.69, 9.17) is 4.74 Å². The number of nitrogens with zero attached hydrogens (tertiary/aromatic N) is 2. The largest absolute Gasteiger partial charge is 0.375 e. The van der Waals surface area contributed by atoms with Crippen molar-refractivity contribution in [2.24, 2.45) is 0 Å². The van der Waals surface area contributed by atoms with Crippen molar-refractivity contribution in [2.75, 3.05) is 13.2 Å². The first-order valence-electron chi connectivity index (χ1n) is 6.76. The van der Waals surface area contributed by atoms with E-state index in [9.17, 15) is 4.79 Å². The molecule has 0 radical (unpaired) electrons. The molecule has 1 fully saturated rings. The summed E-state index contributed by atoms with van der Waals surface area (Å²) in [5.74, 6) is 0.588. The van der Waals surface area contributed by atoms with Crippen LogP contribution in [0.15, 0.2) is 16.7 Å². The number of carbonyl (C=O) groups is 1. The number of hydrogen-bond donors (Lipinski definition) is 3. The van der Waals surface area contributed by atoms with E-state index in [-0.39, 0.29) is 42.9 Å². The summed E-state index contributed by atoms with van der Waals surface area (Å²) in [6, 6.07) is 1.58. The predicted molar refractivity (Wildman–Crippen MR) is 95.1 cm³/mol. The maximum Gasteiger partial charge on any atom is 0.240 e. The van der Waals surface area contributed by atoms with Gasteiger partial charge in [-0.05, 0) is 28.9 Å². The Bertz CT molecular complexity index is 669. The molecule has 3 rings (SSSR count). The fourth-order valence-electron chi connectivity index (χ4n) is 2.32. The summed E-state index contributed by atoms with van der Waals surface area (Å²) in [6.07, 6.45) is 1.56. The molecular weight excluding hydrogens is 409 g/mol. The van der Waals surface area contributed by atoms with Crippen LogP contribution in [-0.4, -0.2) is 46.2 Å². The molecule has 0 saturated carbocycles. The van der Waals surface area contributed by atoms with Crippen LogP contribution < -0.4 is 10.6 Å². The average Bonchev–Trinajstić information content (AvgIpc) is 2.87. The summed E-state index contributed by atoms with van der Waals surface area (Å²) in [7, 11) is 0. The van der Waals surface area contributed by atoms with Gasteiger partial charge in [-0.1, -0.05) is 0 Å². The second-order valence-corrected chi connectivity index (χ2v) is 5.85. The first-order valence-corrected chi connectivity index (χ1v) is 7.55. The number of carbonyl (C=O) groups excluding carboxylic acids is 1. The number of imidazole rings is 1. The fraction of sp³-hybridized carbons (Fsp3) is 0.462. The number of morpholine rings is 1. The topological polar surface area (TPSA) is 91.9 Å². The summed E-state index contributed by atoms with van der Waals surface area (Å²) in [6.45, 7) is 3.54. The van der Waals surface area contributed by atoms with E-state index in [1.165, 1.54) is 0 Å². The third-order valence-corrected chi connectivity index (χ3v) is 3.82. The third-order valence-electron chi connectivity index (χ3n) is 3.38. The number of rotatable bonds is 3. The lowest BCUT2D eigenvalue weighted by Gasteiger charge is -2.29. The van der Waals surface area contributed by atoms with Crippen LogP contribution in [0.3, 0.4) is 0 Å². The van der Waals surface area contributed by atoms with Crippen molar-refractivity contribution < 1.29 is 9.53 Å². The number of aromatic amines is 1. The van der Waals surface area contributed by atoms with Crippen LogP contribution >= 0.6 is 40.7 Å². The first-order chi connectivity index (χ1) is 10.1. The van der Waals surface area contributed by atoms with E-state index in [0.717, 1.165) is 9.99 Å². The van der Waals surface area contributed by atoms with Gasteiger partial charge in [0.05, 0.1) is 24.8 Å². The molecule has 2 aromatic rings. The van der Waals surface area contributed by atoms with Gasteiger partial charge in [-0.2, -0.15) is 0 Å². The summed E-state index contributed by atoms with van der Waals surface area (Å²) in [4.78, 5) is 23.8. The molecule has 2 aromatic heterocycles. The first kappa shape index (κ1) is 20.1. The maximum atomic E-state index is 12.1. The Kier molecular flexibility index (Phi) is 7.69. The van der Waals surface area contributed by atoms with Gasteiger partial charge >= 0.3 is 0 Å². The fourth-order valence-corrected chi connectivity index (χ4v) is 2.65. The number of H-pyrrole nitrogens is 1. The molecule has 10 heteroatoms. The lowest BCUT2D eigenvalue weighted by molar-refractivity contribution is -0.129. The molecule has 0 aliphatic carbocycles. The molecule has 0 bridgehead atoms. The molecule has 0 unspecified atom stereocenters. The van der Waals surface area contributed by atoms with E-state index in [0.29, 0.717) is 31.2 Å². The van der Waals surface area contributed by atoms with Crippen LogP contribution in [0.4, 0.5) is 0 Å². The molecule has 128 valence electrons. The second kappa shape index (κ2) is 8.79. The number of fused-ring (bicyclic) bond motifs is 1. The normalized spacial score (nSPS) is 20.4. The zero-order valence-electron chi connectivity index (χ0n) is 12.3. The number of pyridine rings is 1. The Labute approximate surface area is 154 Å². The van der Waals surface area contributed by atoms with Gasteiger partial charge in [-0.3, -0.25) is 4.79 Å². The van der Waals surface area contributed by atoms with Crippen molar-refractivity contribution in [1.82, 2.24) is 25.6 Å². The van der Waals surface area contributed by atoms with Crippen molar-refractivity contribution in [1.29, 1.82) is 0 Å². The highest BCUT2D eigenvalue weighted by atomic mass is 79.9. The van der Waals surface area contributed by atoms with Gasteiger partial charge in [0.15, 0.2) is 5.65 Å². The van der Waals surface area contributed by atoms with E-state index in [2.05, 4.69) is 41.5 Å². The smallest absolute Gasteiger partial charge is 0.240 e. The monoisotopic (exact) mass is 425 g/mol. The highest BCUT2D eigenvalue weighted by Crippen LogP contribution is 2.15. The van der Waals surface area contributed by atoms with Gasteiger partial charge in [-0.25, -0.2) is 9.97 Å². The van der Waals surface area contributed by atoms with Crippen LogP contribution in [0.2, 0.25) is 0 Å². The van der Waals surface area contributed by atoms with Crippen LogP contribution in [0, 0.1) is 0 Å². The van der Waals surface area contributed by atoms with Crippen molar-refractivity contribution in [3.8, 4) is 0 Å². The molecule has 2 atom stereocenters. The molecule has 1 amide bonds. The van der Waals surface area contributed by atoms with E-state index >= 15 is 0 Å². The molecule has 1 aliphatic heterocycles. The predicted octanol–water partition coefficient (Wildman–Crippen LogP) is 1.56. The van der Waals surface area contributed by atoms with Gasteiger partial charge in [0.2, 0.25) is 5.91 Å². The summed E-state index contributed by atoms with van der Waals surface area (Å²) in [5.41, 5.74) is 1.47. The van der Waals surface area contributed by atoms with E-state index < -0.39 is 0 Å². The number of aromatic nitrogens is 3. The van der Waals surface area contributed by atoms with Crippen LogP contribution in [0.5, 0.6) is 0 Å². The number of nitrogens with one attached hydrogen (secondary N) is 3. The molecule has 0 aromatic carbocycles. The highest BCUT2D eigenvalue weighted by molar-refractivity contribution is 9.10. The number of amides is 1. The zero-order chi connectivity index (χ0) is 14.8. The van der Waals surface area contributed by atoms with Crippen molar-refractivity contribution >= 4 is 57.8 Å². The molecule has 23 heavy (non-hydrogen) atoms. The summed E-state index contributed by atoms with van der Waals surface area (Å²) < 4.78 is 6.34. The summed E-state index contributed by atoms with van der Waals surface area (Å²) in [5, 5.41) is 6.01. The molecule has 1 aliphatic rings. The van der Waals surface area contributed by atoms with Gasteiger partial charge in [0, 0.05) is 17.2 Å². The van der Waals surface area contributed by atoms with Gasteiger partial charge in [-0.15, -0.1) is 24.8 Å². The Balaban J connectivity index is 0.00000132. The minimum Gasteiger partial charge on any atom is -0.375 e. The number of halogens is 3. The molecule has 3 N–H and O–H groups in total. The highest BCUT2D eigenvalue weighted by Gasteiger charge is 2.28. The van der Waals surface area contributed by atoms with Crippen molar-refractivity contribution in [2.45, 2.75) is 25.6 Å². The Hall–Kier alpha value is -0.930. The molecule has 0 spiro atoms. The lowest BCUT2D eigenvalue weighted by Crippen LogP contribution is -2.55. The standard InChI is InChI=1S/C13H16BrN5O2.2ClH/c1-7-11(15-2-3-21-7)13(20)17-6-10-18-9-4-8(14)5-16-12(9)19-10;;/h4-5,7,11,15H,2-3,6H2,1H3,(H,17,20)(H,16,18,19);2*1H/t7-,11+;;/m1../s1.